The van der Waals surface area contributed by atoms with E-state index in [1.807, 2.05) is 12.7 Å². The van der Waals surface area contributed by atoms with Crippen LogP contribution in [-0.2, 0) is 4.79 Å². The predicted octanol–water partition coefficient (Wildman–Crippen LogP) is 1.49. The zero-order chi connectivity index (χ0) is 5.70. The first kappa shape index (κ1) is 7.02. The molecule has 0 N–H and O–H groups in total. The van der Waals surface area contributed by atoms with Crippen LogP contribution in [-0.4, -0.2) is 11.5 Å². The van der Waals surface area contributed by atoms with Gasteiger partial charge in [-0.15, -0.1) is 11.8 Å². The van der Waals surface area contributed by atoms with Crippen molar-refractivity contribution in [2.24, 2.45) is 0 Å². The topological polar surface area (TPSA) is 17.1 Å². The standard InChI is InChI=1S/C5H9OS/c1-3-7-4-5(2)6/h3H,4H2,1-2H3. The number of Topliss-reactive ketones (excluding diaryl/α,β-unsaturated/α-hetero) is 1. The molecule has 0 bridgehead atoms. The number of hydrogen-bond acceptors (Lipinski definition) is 2. The first-order valence-electron chi connectivity index (χ1n) is 2.16. The quantitative estimate of drug-likeness (QED) is 0.557. The molecule has 0 aromatic carbocycles. The molecule has 0 aliphatic rings. The molecule has 0 aliphatic heterocycles. The fraction of sp³-hybridized carbons (Fsp3) is 0.600. The highest BCUT2D eigenvalue weighted by Gasteiger charge is 1.87. The van der Waals surface area contributed by atoms with Crippen molar-refractivity contribution in [1.29, 1.82) is 0 Å². The minimum atomic E-state index is 0.239. The zero-order valence-corrected chi connectivity index (χ0v) is 5.42. The largest absolute Gasteiger partial charge is 0.299 e. The maximum atomic E-state index is 10.2. The van der Waals surface area contributed by atoms with Crippen molar-refractivity contribution in [3.8, 4) is 0 Å². The molecule has 1 radical (unpaired) electrons. The van der Waals surface area contributed by atoms with Gasteiger partial charge < -0.3 is 0 Å². The van der Waals surface area contributed by atoms with Gasteiger partial charge in [-0.3, -0.25) is 4.79 Å². The Balaban J connectivity index is 2.82. The first-order valence-corrected chi connectivity index (χ1v) is 3.21. The van der Waals surface area contributed by atoms with Crippen LogP contribution in [0.1, 0.15) is 13.8 Å². The Hall–Kier alpha value is 0.0200. The second kappa shape index (κ2) is 4.19. The Labute approximate surface area is 48.5 Å². The van der Waals surface area contributed by atoms with E-state index < -0.39 is 0 Å². The molecule has 41 valence electrons. The van der Waals surface area contributed by atoms with Crippen LogP contribution < -0.4 is 0 Å². The van der Waals surface area contributed by atoms with Gasteiger partial charge in [-0.25, -0.2) is 0 Å². The fourth-order valence-electron chi connectivity index (χ4n) is 0.201. The number of thioether (sulfide) groups is 1. The van der Waals surface area contributed by atoms with Gasteiger partial charge in [0.1, 0.15) is 5.78 Å². The van der Waals surface area contributed by atoms with Crippen molar-refractivity contribution in [2.75, 3.05) is 5.75 Å². The van der Waals surface area contributed by atoms with Crippen molar-refractivity contribution in [1.82, 2.24) is 0 Å². The molecular weight excluding hydrogens is 108 g/mol. The molecule has 0 fully saturated rings. The molecule has 0 aromatic rings. The maximum absolute atomic E-state index is 10.2. The third-order valence-electron chi connectivity index (χ3n) is 0.453. The van der Waals surface area contributed by atoms with E-state index in [0.29, 0.717) is 5.75 Å². The number of carbonyl (C=O) groups is 1. The average Bonchev–Trinajstić information content (AvgIpc) is 1.61. The first-order chi connectivity index (χ1) is 3.27. The van der Waals surface area contributed by atoms with Crippen LogP contribution in [0.2, 0.25) is 0 Å². The highest BCUT2D eigenvalue weighted by atomic mass is 32.2. The van der Waals surface area contributed by atoms with Crippen molar-refractivity contribution < 1.29 is 4.79 Å². The molecule has 0 rings (SSSR count). The molecular formula is C5H9OS. The van der Waals surface area contributed by atoms with Crippen LogP contribution >= 0.6 is 11.8 Å². The Kier molecular flexibility index (Phi) is 4.20. The van der Waals surface area contributed by atoms with E-state index in [1.165, 1.54) is 0 Å². The smallest absolute Gasteiger partial charge is 0.139 e. The molecule has 0 heterocycles. The van der Waals surface area contributed by atoms with Crippen LogP contribution in [0.15, 0.2) is 0 Å². The summed E-state index contributed by atoms with van der Waals surface area (Å²) < 4.78 is 0. The fourth-order valence-corrected chi connectivity index (χ4v) is 0.602. The molecule has 0 saturated carbocycles. The number of carbonyl (C=O) groups excluding carboxylic acids is 1. The number of ketones is 1. The Morgan fingerprint density at radius 3 is 2.57 bits per heavy atom. The summed E-state index contributed by atoms with van der Waals surface area (Å²) in [4.78, 5) is 10.2. The lowest BCUT2D eigenvalue weighted by atomic mass is 10.5. The van der Waals surface area contributed by atoms with Crippen molar-refractivity contribution in [3.63, 3.8) is 0 Å². The van der Waals surface area contributed by atoms with Crippen LogP contribution in [0.4, 0.5) is 0 Å². The normalized spacial score (nSPS) is 8.86. The summed E-state index contributed by atoms with van der Waals surface area (Å²) in [5.74, 6) is 2.78. The zero-order valence-electron chi connectivity index (χ0n) is 4.60. The van der Waals surface area contributed by atoms with Gasteiger partial charge in [-0.05, 0) is 6.92 Å². The highest BCUT2D eigenvalue weighted by Crippen LogP contribution is 2.01. The van der Waals surface area contributed by atoms with Gasteiger partial charge in [-0.2, -0.15) is 0 Å². The highest BCUT2D eigenvalue weighted by molar-refractivity contribution is 8.01. The van der Waals surface area contributed by atoms with Crippen molar-refractivity contribution >= 4 is 17.5 Å². The third kappa shape index (κ3) is 6.02. The molecule has 0 saturated heterocycles. The summed E-state index contributed by atoms with van der Waals surface area (Å²) in [7, 11) is 0. The van der Waals surface area contributed by atoms with Gasteiger partial charge in [-0.1, -0.05) is 6.92 Å². The lowest BCUT2D eigenvalue weighted by Crippen LogP contribution is -1.90. The van der Waals surface area contributed by atoms with Gasteiger partial charge in [0.25, 0.3) is 0 Å². The lowest BCUT2D eigenvalue weighted by Gasteiger charge is -1.86. The minimum absolute atomic E-state index is 0.239. The number of hydrogen-bond donors (Lipinski definition) is 0. The summed E-state index contributed by atoms with van der Waals surface area (Å²) >= 11 is 1.54. The predicted molar refractivity (Wildman–Crippen MR) is 33.1 cm³/mol. The van der Waals surface area contributed by atoms with Gasteiger partial charge in [0.2, 0.25) is 0 Å². The van der Waals surface area contributed by atoms with Crippen LogP contribution in [0.25, 0.3) is 0 Å². The average molecular weight is 117 g/mol. The van der Waals surface area contributed by atoms with Crippen molar-refractivity contribution in [3.05, 3.63) is 5.75 Å². The Morgan fingerprint density at radius 1 is 1.86 bits per heavy atom. The SMILES string of the molecule is C[CH]SCC(C)=O. The monoisotopic (exact) mass is 117 g/mol. The van der Waals surface area contributed by atoms with Gasteiger partial charge in [0.05, 0.1) is 5.75 Å². The van der Waals surface area contributed by atoms with E-state index in [4.69, 9.17) is 0 Å². The number of rotatable bonds is 3. The van der Waals surface area contributed by atoms with Gasteiger partial charge in [0, 0.05) is 5.75 Å². The molecule has 0 aromatic heterocycles. The molecule has 0 unspecified atom stereocenters. The summed E-state index contributed by atoms with van der Waals surface area (Å²) in [5.41, 5.74) is 0. The van der Waals surface area contributed by atoms with E-state index in [2.05, 4.69) is 0 Å². The molecule has 7 heavy (non-hydrogen) atoms. The summed E-state index contributed by atoms with van der Waals surface area (Å²) in [5, 5.41) is 0. The molecule has 0 aliphatic carbocycles. The molecule has 2 heteroatoms. The maximum Gasteiger partial charge on any atom is 0.139 e. The van der Waals surface area contributed by atoms with Gasteiger partial charge >= 0.3 is 0 Å². The van der Waals surface area contributed by atoms with E-state index >= 15 is 0 Å². The second-order valence-electron chi connectivity index (χ2n) is 1.25. The second-order valence-corrected chi connectivity index (χ2v) is 2.34. The summed E-state index contributed by atoms with van der Waals surface area (Å²) in [6, 6.07) is 0. The van der Waals surface area contributed by atoms with Crippen molar-refractivity contribution in [2.45, 2.75) is 13.8 Å². The molecule has 1 nitrogen and oxygen atoms in total. The molecule has 0 atom stereocenters. The van der Waals surface area contributed by atoms with Crippen LogP contribution in [0, 0.1) is 5.75 Å². The summed E-state index contributed by atoms with van der Waals surface area (Å²) in [6.45, 7) is 3.52. The van der Waals surface area contributed by atoms with E-state index in [1.54, 1.807) is 18.7 Å². The van der Waals surface area contributed by atoms with Gasteiger partial charge in [0.15, 0.2) is 0 Å². The van der Waals surface area contributed by atoms with E-state index in [-0.39, 0.29) is 5.78 Å². The Bertz CT molecular complexity index is 61.1. The summed E-state index contributed by atoms with van der Waals surface area (Å²) in [6.07, 6.45) is 0. The van der Waals surface area contributed by atoms with E-state index in [0.717, 1.165) is 0 Å². The van der Waals surface area contributed by atoms with Crippen LogP contribution in [0.3, 0.4) is 0 Å². The van der Waals surface area contributed by atoms with E-state index in [9.17, 15) is 4.79 Å². The molecule has 0 spiro atoms. The molecule has 0 amide bonds. The third-order valence-corrected chi connectivity index (χ3v) is 1.36. The Morgan fingerprint density at radius 2 is 2.43 bits per heavy atom. The minimum Gasteiger partial charge on any atom is -0.299 e. The lowest BCUT2D eigenvalue weighted by molar-refractivity contribution is -0.114. The van der Waals surface area contributed by atoms with Crippen LogP contribution in [0.5, 0.6) is 0 Å².